The van der Waals surface area contributed by atoms with Gasteiger partial charge in [-0.25, -0.2) is 8.42 Å². The van der Waals surface area contributed by atoms with E-state index in [4.69, 9.17) is 4.74 Å². The standard InChI is InChI=1S/C13H19NO4S/c1-3-4-10-18-13(15)11(2)14-19(16,17)12-8-6-5-7-9-12/h5-9,11,14H,3-4,10H2,1-2H3/t11-/m0/s1. The maximum absolute atomic E-state index is 12.0. The highest BCUT2D eigenvalue weighted by Crippen LogP contribution is 2.08. The van der Waals surface area contributed by atoms with E-state index < -0.39 is 22.0 Å². The molecule has 0 saturated carbocycles. The molecule has 19 heavy (non-hydrogen) atoms. The third kappa shape index (κ3) is 5.00. The summed E-state index contributed by atoms with van der Waals surface area (Å²) in [6.45, 7) is 3.76. The molecule has 0 amide bonds. The first-order valence-corrected chi connectivity index (χ1v) is 7.69. The molecule has 1 atom stereocenters. The molecule has 1 N–H and O–H groups in total. The second kappa shape index (κ2) is 7.25. The maximum atomic E-state index is 12.0. The number of ether oxygens (including phenoxy) is 1. The summed E-state index contributed by atoms with van der Waals surface area (Å²) < 4.78 is 31.2. The predicted octanol–water partition coefficient (Wildman–Crippen LogP) is 1.70. The summed E-state index contributed by atoms with van der Waals surface area (Å²) in [5, 5.41) is 0. The molecule has 0 aliphatic rings. The Morgan fingerprint density at radius 2 is 1.95 bits per heavy atom. The largest absolute Gasteiger partial charge is 0.465 e. The molecule has 6 heteroatoms. The second-order valence-electron chi connectivity index (χ2n) is 4.18. The number of carbonyl (C=O) groups is 1. The zero-order valence-corrected chi connectivity index (χ0v) is 11.9. The molecular weight excluding hydrogens is 266 g/mol. The first-order valence-electron chi connectivity index (χ1n) is 6.21. The lowest BCUT2D eigenvalue weighted by molar-refractivity contribution is -0.145. The molecule has 0 saturated heterocycles. The van der Waals surface area contributed by atoms with Gasteiger partial charge in [0.25, 0.3) is 0 Å². The maximum Gasteiger partial charge on any atom is 0.323 e. The molecule has 5 nitrogen and oxygen atoms in total. The summed E-state index contributed by atoms with van der Waals surface area (Å²) in [5.41, 5.74) is 0. The lowest BCUT2D eigenvalue weighted by atomic mass is 10.3. The minimum atomic E-state index is -3.69. The number of unbranched alkanes of at least 4 members (excludes halogenated alkanes) is 1. The molecule has 1 rings (SSSR count). The zero-order chi connectivity index (χ0) is 14.3. The fourth-order valence-corrected chi connectivity index (χ4v) is 2.60. The van der Waals surface area contributed by atoms with Gasteiger partial charge in [-0.3, -0.25) is 4.79 Å². The summed E-state index contributed by atoms with van der Waals surface area (Å²) in [6.07, 6.45) is 1.68. The predicted molar refractivity (Wildman–Crippen MR) is 72.1 cm³/mol. The molecule has 1 aromatic carbocycles. The third-order valence-electron chi connectivity index (χ3n) is 2.48. The number of nitrogens with one attached hydrogen (secondary N) is 1. The van der Waals surface area contributed by atoms with Gasteiger partial charge in [-0.15, -0.1) is 0 Å². The van der Waals surface area contributed by atoms with Gasteiger partial charge in [-0.2, -0.15) is 4.72 Å². The molecule has 0 radical (unpaired) electrons. The molecule has 0 unspecified atom stereocenters. The van der Waals surface area contributed by atoms with E-state index >= 15 is 0 Å². The molecule has 1 aromatic rings. The fourth-order valence-electron chi connectivity index (χ4n) is 1.39. The van der Waals surface area contributed by atoms with E-state index in [1.807, 2.05) is 6.92 Å². The van der Waals surface area contributed by atoms with E-state index in [0.29, 0.717) is 6.61 Å². The molecular formula is C13H19NO4S. The number of carbonyl (C=O) groups excluding carboxylic acids is 1. The number of esters is 1. The first-order chi connectivity index (χ1) is 8.97. The Labute approximate surface area is 114 Å². The van der Waals surface area contributed by atoms with Crippen LogP contribution in [0, 0.1) is 0 Å². The topological polar surface area (TPSA) is 72.5 Å². The van der Waals surface area contributed by atoms with Crippen LogP contribution in [0.2, 0.25) is 0 Å². The minimum absolute atomic E-state index is 0.128. The molecule has 0 aliphatic heterocycles. The first kappa shape index (κ1) is 15.7. The van der Waals surface area contributed by atoms with Gasteiger partial charge in [0.15, 0.2) is 0 Å². The smallest absolute Gasteiger partial charge is 0.323 e. The molecule has 0 spiro atoms. The summed E-state index contributed by atoms with van der Waals surface area (Å²) in [6, 6.07) is 7.01. The Balaban J connectivity index is 2.61. The summed E-state index contributed by atoms with van der Waals surface area (Å²) >= 11 is 0. The van der Waals surface area contributed by atoms with Crippen molar-refractivity contribution in [1.29, 1.82) is 0 Å². The molecule has 0 fully saturated rings. The van der Waals surface area contributed by atoms with Crippen LogP contribution < -0.4 is 4.72 Å². The van der Waals surface area contributed by atoms with Crippen LogP contribution in [0.5, 0.6) is 0 Å². The van der Waals surface area contributed by atoms with Crippen LogP contribution in [0.25, 0.3) is 0 Å². The van der Waals surface area contributed by atoms with Gasteiger partial charge >= 0.3 is 5.97 Å². The normalized spacial score (nSPS) is 12.9. The van der Waals surface area contributed by atoms with Crippen molar-refractivity contribution in [2.45, 2.75) is 37.6 Å². The number of rotatable bonds is 7. The van der Waals surface area contributed by atoms with E-state index in [2.05, 4.69) is 4.72 Å². The van der Waals surface area contributed by atoms with Crippen LogP contribution in [0.15, 0.2) is 35.2 Å². The molecule has 0 aromatic heterocycles. The van der Waals surface area contributed by atoms with Crippen LogP contribution in [-0.2, 0) is 19.6 Å². The van der Waals surface area contributed by atoms with Gasteiger partial charge in [0, 0.05) is 0 Å². The highest BCUT2D eigenvalue weighted by molar-refractivity contribution is 7.89. The van der Waals surface area contributed by atoms with E-state index in [9.17, 15) is 13.2 Å². The Morgan fingerprint density at radius 1 is 1.32 bits per heavy atom. The van der Waals surface area contributed by atoms with Crippen molar-refractivity contribution in [2.75, 3.05) is 6.61 Å². The Hall–Kier alpha value is -1.40. The molecule has 0 bridgehead atoms. The highest BCUT2D eigenvalue weighted by atomic mass is 32.2. The minimum Gasteiger partial charge on any atom is -0.465 e. The monoisotopic (exact) mass is 285 g/mol. The van der Waals surface area contributed by atoms with Crippen LogP contribution in [-0.4, -0.2) is 27.0 Å². The van der Waals surface area contributed by atoms with Gasteiger partial charge in [0.05, 0.1) is 11.5 Å². The lowest BCUT2D eigenvalue weighted by Gasteiger charge is -2.13. The molecule has 106 valence electrons. The lowest BCUT2D eigenvalue weighted by Crippen LogP contribution is -2.39. The van der Waals surface area contributed by atoms with Crippen molar-refractivity contribution in [1.82, 2.24) is 4.72 Å². The fraction of sp³-hybridized carbons (Fsp3) is 0.462. The van der Waals surface area contributed by atoms with Gasteiger partial charge in [0.1, 0.15) is 6.04 Å². The summed E-state index contributed by atoms with van der Waals surface area (Å²) in [7, 11) is -3.69. The number of benzene rings is 1. The summed E-state index contributed by atoms with van der Waals surface area (Å²) in [4.78, 5) is 11.7. The zero-order valence-electron chi connectivity index (χ0n) is 11.1. The third-order valence-corrected chi connectivity index (χ3v) is 4.04. The SMILES string of the molecule is CCCCOC(=O)[C@H](C)NS(=O)(=O)c1ccccc1. The van der Waals surface area contributed by atoms with Gasteiger partial charge < -0.3 is 4.74 Å². The Bertz CT molecular complexity index is 499. The van der Waals surface area contributed by atoms with E-state index in [0.717, 1.165) is 12.8 Å². The van der Waals surface area contributed by atoms with Crippen molar-refractivity contribution < 1.29 is 17.9 Å². The van der Waals surface area contributed by atoms with Crippen molar-refractivity contribution in [2.24, 2.45) is 0 Å². The van der Waals surface area contributed by atoms with Gasteiger partial charge in [-0.1, -0.05) is 31.5 Å². The highest BCUT2D eigenvalue weighted by Gasteiger charge is 2.22. The number of sulfonamides is 1. The van der Waals surface area contributed by atoms with Gasteiger partial charge in [-0.05, 0) is 25.5 Å². The van der Waals surface area contributed by atoms with Crippen molar-refractivity contribution in [3.63, 3.8) is 0 Å². The summed E-state index contributed by atoms with van der Waals surface area (Å²) in [5.74, 6) is -0.562. The van der Waals surface area contributed by atoms with Crippen LogP contribution in [0.4, 0.5) is 0 Å². The van der Waals surface area contributed by atoms with Crippen LogP contribution in [0.1, 0.15) is 26.7 Å². The quantitative estimate of drug-likeness (QED) is 0.611. The Morgan fingerprint density at radius 3 is 2.53 bits per heavy atom. The van der Waals surface area contributed by atoms with Crippen LogP contribution in [0.3, 0.4) is 0 Å². The second-order valence-corrected chi connectivity index (χ2v) is 5.89. The number of hydrogen-bond acceptors (Lipinski definition) is 4. The number of hydrogen-bond donors (Lipinski definition) is 1. The Kier molecular flexibility index (Phi) is 5.98. The van der Waals surface area contributed by atoms with Crippen molar-refractivity contribution in [3.05, 3.63) is 30.3 Å². The van der Waals surface area contributed by atoms with E-state index in [1.165, 1.54) is 19.1 Å². The average molecular weight is 285 g/mol. The molecule has 0 heterocycles. The van der Waals surface area contributed by atoms with Crippen molar-refractivity contribution in [3.8, 4) is 0 Å². The van der Waals surface area contributed by atoms with E-state index in [-0.39, 0.29) is 4.90 Å². The van der Waals surface area contributed by atoms with Gasteiger partial charge in [0.2, 0.25) is 10.0 Å². The average Bonchev–Trinajstić information content (AvgIpc) is 2.39. The van der Waals surface area contributed by atoms with E-state index in [1.54, 1.807) is 18.2 Å². The molecule has 0 aliphatic carbocycles. The van der Waals surface area contributed by atoms with Crippen LogP contribution >= 0.6 is 0 Å². The van der Waals surface area contributed by atoms with Crippen molar-refractivity contribution >= 4 is 16.0 Å².